The second kappa shape index (κ2) is 14.6. The highest BCUT2D eigenvalue weighted by atomic mass is 35.5. The van der Waals surface area contributed by atoms with Gasteiger partial charge in [0.15, 0.2) is 5.78 Å². The molecule has 4 amide bonds. The number of carbonyl (C=O) groups excluding carboxylic acids is 5. The van der Waals surface area contributed by atoms with E-state index in [0.29, 0.717) is 19.4 Å². The summed E-state index contributed by atoms with van der Waals surface area (Å²) >= 11 is 10.0. The lowest BCUT2D eigenvalue weighted by atomic mass is 10.1. The van der Waals surface area contributed by atoms with Crippen molar-refractivity contribution >= 4 is 58.6 Å². The number of aliphatic carboxylic acids is 1. The molecule has 0 aromatic carbocycles. The van der Waals surface area contributed by atoms with Crippen LogP contribution in [0.15, 0.2) is 0 Å². The molecule has 1 saturated heterocycles. The molecule has 0 aliphatic carbocycles. The van der Waals surface area contributed by atoms with Gasteiger partial charge in [0, 0.05) is 13.5 Å². The largest absolute Gasteiger partial charge is 0.480 e. The van der Waals surface area contributed by atoms with Gasteiger partial charge in [0.05, 0.1) is 11.8 Å². The van der Waals surface area contributed by atoms with Crippen molar-refractivity contribution in [2.24, 2.45) is 0 Å². The summed E-state index contributed by atoms with van der Waals surface area (Å²) in [4.78, 5) is 69.9. The molecule has 0 unspecified atom stereocenters. The number of ketones is 1. The number of rotatable bonds is 9. The Morgan fingerprint density at radius 2 is 1.50 bits per heavy atom. The van der Waals surface area contributed by atoms with Crippen LogP contribution < -0.4 is 16.0 Å². The first-order valence-corrected chi connectivity index (χ1v) is 11.0. The van der Waals surface area contributed by atoms with Crippen LogP contribution in [0.1, 0.15) is 40.5 Å². The molecule has 4 atom stereocenters. The summed E-state index contributed by atoms with van der Waals surface area (Å²) < 4.78 is 0. The minimum Gasteiger partial charge on any atom is -0.480 e. The van der Waals surface area contributed by atoms with Crippen LogP contribution in [0.5, 0.6) is 0 Å². The molecule has 1 heterocycles. The van der Waals surface area contributed by atoms with Crippen molar-refractivity contribution in [3.63, 3.8) is 0 Å². The van der Waals surface area contributed by atoms with Crippen LogP contribution in [0.3, 0.4) is 0 Å². The van der Waals surface area contributed by atoms with E-state index in [4.69, 9.17) is 28.3 Å². The molecule has 0 aromatic heterocycles. The van der Waals surface area contributed by atoms with Gasteiger partial charge in [-0.15, -0.1) is 23.2 Å². The molecule has 1 aliphatic rings. The number of carboxylic acids is 1. The topological polar surface area (TPSA) is 162 Å². The quantitative estimate of drug-likeness (QED) is 0.316. The number of carboxylic acid groups (broad SMARTS) is 1. The molecular formula is C19H30Cl2N4O7. The lowest BCUT2D eigenvalue weighted by Crippen LogP contribution is -2.56. The Kier molecular flexibility index (Phi) is 13.5. The third-order valence-corrected chi connectivity index (χ3v) is 5.00. The van der Waals surface area contributed by atoms with Crippen LogP contribution in [0, 0.1) is 0 Å². The Balaban J connectivity index is 0.00000140. The van der Waals surface area contributed by atoms with Gasteiger partial charge in [-0.3, -0.25) is 28.8 Å². The average Bonchev–Trinajstić information content (AvgIpc) is 3.22. The number of Topliss-reactive ketones (excluding diaryl/α,β-unsaturated/α-hetero) is 1. The highest BCUT2D eigenvalue weighted by molar-refractivity contribution is 6.35. The van der Waals surface area contributed by atoms with Crippen molar-refractivity contribution in [2.45, 2.75) is 64.7 Å². The summed E-state index contributed by atoms with van der Waals surface area (Å²) in [5.74, 6) is -3.08. The number of hydrogen-bond acceptors (Lipinski definition) is 6. The Hall–Kier alpha value is -2.40. The molecule has 1 aliphatic heterocycles. The molecule has 1 fully saturated rings. The fourth-order valence-electron chi connectivity index (χ4n) is 2.73. The first-order chi connectivity index (χ1) is 14.8. The predicted molar refractivity (Wildman–Crippen MR) is 117 cm³/mol. The highest BCUT2D eigenvalue weighted by Crippen LogP contribution is 2.18. The maximum atomic E-state index is 12.6. The molecule has 13 heteroatoms. The second-order valence-electron chi connectivity index (χ2n) is 7.22. The third-order valence-electron chi connectivity index (χ3n) is 4.41. The fourth-order valence-corrected chi connectivity index (χ4v) is 3.02. The van der Waals surface area contributed by atoms with Crippen LogP contribution in [-0.2, 0) is 28.8 Å². The van der Waals surface area contributed by atoms with Gasteiger partial charge in [0.25, 0.3) is 0 Å². The molecule has 0 bridgehead atoms. The molecule has 0 aromatic rings. The van der Waals surface area contributed by atoms with E-state index in [1.54, 1.807) is 0 Å². The summed E-state index contributed by atoms with van der Waals surface area (Å²) in [6, 6.07) is -3.51. The van der Waals surface area contributed by atoms with Gasteiger partial charge in [-0.05, 0) is 33.6 Å². The summed E-state index contributed by atoms with van der Waals surface area (Å²) in [6.45, 7) is 5.96. The van der Waals surface area contributed by atoms with Gasteiger partial charge in [-0.1, -0.05) is 0 Å². The van der Waals surface area contributed by atoms with Crippen molar-refractivity contribution in [1.82, 2.24) is 20.9 Å². The van der Waals surface area contributed by atoms with Crippen LogP contribution >= 0.6 is 23.2 Å². The second-order valence-corrected chi connectivity index (χ2v) is 7.75. The Bertz CT molecular complexity index is 714. The smallest absolute Gasteiger partial charge is 0.325 e. The van der Waals surface area contributed by atoms with Crippen molar-refractivity contribution < 1.29 is 33.9 Å². The van der Waals surface area contributed by atoms with Crippen molar-refractivity contribution in [2.75, 3.05) is 18.3 Å². The van der Waals surface area contributed by atoms with Crippen LogP contribution in [-0.4, -0.2) is 87.9 Å². The maximum Gasteiger partial charge on any atom is 0.325 e. The first-order valence-electron chi connectivity index (χ1n) is 9.90. The van der Waals surface area contributed by atoms with E-state index in [1.165, 1.54) is 32.6 Å². The monoisotopic (exact) mass is 496 g/mol. The first kappa shape index (κ1) is 29.6. The molecule has 0 spiro atoms. The van der Waals surface area contributed by atoms with E-state index in [2.05, 4.69) is 16.0 Å². The zero-order valence-electron chi connectivity index (χ0n) is 18.4. The van der Waals surface area contributed by atoms with Gasteiger partial charge >= 0.3 is 5.97 Å². The number of amides is 4. The van der Waals surface area contributed by atoms with Gasteiger partial charge in [0.2, 0.25) is 23.6 Å². The lowest BCUT2D eigenvalue weighted by molar-refractivity contribution is -0.144. The average molecular weight is 497 g/mol. The van der Waals surface area contributed by atoms with E-state index >= 15 is 0 Å². The SMILES string of the molecule is CC(=O)N[C@@H](C)C(=O)N[C@@H](C)C(=O)N1CCC[C@H]1C(=O)N[C@@H](C)C(=O)O.O=C(CCl)CCl. The van der Waals surface area contributed by atoms with Crippen LogP contribution in [0.4, 0.5) is 0 Å². The summed E-state index contributed by atoms with van der Waals surface area (Å²) in [5.41, 5.74) is 0. The van der Waals surface area contributed by atoms with E-state index in [0.717, 1.165) is 0 Å². The molecule has 0 radical (unpaired) electrons. The molecule has 1 rings (SSSR count). The molecule has 182 valence electrons. The van der Waals surface area contributed by atoms with Gasteiger partial charge < -0.3 is 26.0 Å². The highest BCUT2D eigenvalue weighted by Gasteiger charge is 2.37. The maximum absolute atomic E-state index is 12.6. The third kappa shape index (κ3) is 10.3. The molecular weight excluding hydrogens is 467 g/mol. The number of alkyl halides is 2. The van der Waals surface area contributed by atoms with Crippen LogP contribution in [0.2, 0.25) is 0 Å². The minimum atomic E-state index is -1.16. The number of hydrogen-bond donors (Lipinski definition) is 4. The fraction of sp³-hybridized carbons (Fsp3) is 0.684. The zero-order chi connectivity index (χ0) is 25.0. The van der Waals surface area contributed by atoms with E-state index in [-0.39, 0.29) is 23.5 Å². The number of nitrogens with zero attached hydrogens (tertiary/aromatic N) is 1. The van der Waals surface area contributed by atoms with E-state index < -0.39 is 47.9 Å². The Labute approximate surface area is 196 Å². The van der Waals surface area contributed by atoms with Gasteiger partial charge in [-0.2, -0.15) is 0 Å². The van der Waals surface area contributed by atoms with Crippen molar-refractivity contribution in [3.05, 3.63) is 0 Å². The standard InChI is InChI=1S/C16H26N4O6.C3H4Cl2O/c1-8(17-11(4)21)13(22)18-9(2)15(24)20-7-5-6-12(20)14(23)19-10(3)16(25)26;4-1-3(6)2-5/h8-10,12H,5-7H2,1-4H3,(H,17,21)(H,18,22)(H,19,23)(H,25,26);1-2H2/t8-,9-,10-,12-;/m0./s1. The Morgan fingerprint density at radius 3 is 1.94 bits per heavy atom. The summed E-state index contributed by atoms with van der Waals surface area (Å²) in [7, 11) is 0. The number of nitrogens with one attached hydrogen (secondary N) is 3. The number of carbonyl (C=O) groups is 6. The predicted octanol–water partition coefficient (Wildman–Crippen LogP) is -0.371. The number of likely N-dealkylation sites (tertiary alicyclic amines) is 1. The minimum absolute atomic E-state index is 0.0312. The summed E-state index contributed by atoms with van der Waals surface area (Å²) in [6.07, 6.45) is 1.03. The van der Waals surface area contributed by atoms with Crippen LogP contribution in [0.25, 0.3) is 0 Å². The van der Waals surface area contributed by atoms with Crippen molar-refractivity contribution in [1.29, 1.82) is 0 Å². The molecule has 4 N–H and O–H groups in total. The van der Waals surface area contributed by atoms with E-state index in [1.807, 2.05) is 0 Å². The summed E-state index contributed by atoms with van der Waals surface area (Å²) in [5, 5.41) is 16.2. The molecule has 0 saturated carbocycles. The molecule has 32 heavy (non-hydrogen) atoms. The molecule has 11 nitrogen and oxygen atoms in total. The normalized spacial score (nSPS) is 17.7. The van der Waals surface area contributed by atoms with Gasteiger partial charge in [-0.25, -0.2) is 0 Å². The Morgan fingerprint density at radius 1 is 0.938 bits per heavy atom. The van der Waals surface area contributed by atoms with Gasteiger partial charge in [0.1, 0.15) is 24.2 Å². The van der Waals surface area contributed by atoms with Crippen molar-refractivity contribution in [3.8, 4) is 0 Å². The number of halogens is 2. The van der Waals surface area contributed by atoms with E-state index in [9.17, 15) is 28.8 Å². The lowest BCUT2D eigenvalue weighted by Gasteiger charge is -2.28. The zero-order valence-corrected chi connectivity index (χ0v) is 20.0.